The van der Waals surface area contributed by atoms with Gasteiger partial charge in [0.2, 0.25) is 10.0 Å². The highest BCUT2D eigenvalue weighted by Crippen LogP contribution is 2.31. The molecule has 1 aromatic rings. The van der Waals surface area contributed by atoms with Crippen molar-refractivity contribution in [3.63, 3.8) is 0 Å². The van der Waals surface area contributed by atoms with Gasteiger partial charge in [0.25, 0.3) is 0 Å². The molecule has 0 aliphatic carbocycles. The zero-order valence-corrected chi connectivity index (χ0v) is 12.3. The van der Waals surface area contributed by atoms with Crippen LogP contribution in [0.15, 0.2) is 16.3 Å². The van der Waals surface area contributed by atoms with Crippen molar-refractivity contribution in [3.05, 3.63) is 16.3 Å². The van der Waals surface area contributed by atoms with Gasteiger partial charge < -0.3 is 5.11 Å². The zero-order valence-electron chi connectivity index (χ0n) is 10.7. The molecule has 1 saturated heterocycles. The summed E-state index contributed by atoms with van der Waals surface area (Å²) in [7, 11) is -3.46. The number of aliphatic hydroxyl groups excluding tert-OH is 1. The van der Waals surface area contributed by atoms with Gasteiger partial charge in [0, 0.05) is 17.5 Å². The Bertz CT molecular complexity index is 509. The molecule has 0 amide bonds. The number of rotatable bonds is 3. The van der Waals surface area contributed by atoms with Crippen LogP contribution in [0.5, 0.6) is 0 Å². The Morgan fingerprint density at radius 3 is 2.83 bits per heavy atom. The summed E-state index contributed by atoms with van der Waals surface area (Å²) in [4.78, 5) is 0.802. The van der Waals surface area contributed by atoms with E-state index in [1.807, 2.05) is 6.92 Å². The van der Waals surface area contributed by atoms with Crippen molar-refractivity contribution < 1.29 is 13.5 Å². The summed E-state index contributed by atoms with van der Waals surface area (Å²) in [5.41, 5.74) is 0. The van der Waals surface area contributed by atoms with Crippen LogP contribution >= 0.6 is 11.3 Å². The van der Waals surface area contributed by atoms with Gasteiger partial charge in [0.05, 0.1) is 11.5 Å². The van der Waals surface area contributed by atoms with Crippen molar-refractivity contribution in [2.24, 2.45) is 5.92 Å². The molecular formula is C12H19NO3S2. The summed E-state index contributed by atoms with van der Waals surface area (Å²) in [5, 5.41) is 10.9. The highest BCUT2D eigenvalue weighted by atomic mass is 32.2. The lowest BCUT2D eigenvalue weighted by Crippen LogP contribution is -2.44. The monoisotopic (exact) mass is 289 g/mol. The first kappa shape index (κ1) is 14.0. The molecule has 4 nitrogen and oxygen atoms in total. The molecular weight excluding hydrogens is 270 g/mol. The van der Waals surface area contributed by atoms with Crippen LogP contribution in [-0.4, -0.2) is 30.4 Å². The van der Waals surface area contributed by atoms with Gasteiger partial charge in [-0.15, -0.1) is 11.3 Å². The third-order valence-electron chi connectivity index (χ3n) is 3.50. The standard InChI is InChI=1S/C12H19NO3S2/c1-9-3-4-10(2)13(7-9)18(15,16)12-5-6-17-11(12)8-14/h5-6,9-10,14H,3-4,7-8H2,1-2H3. The predicted molar refractivity (Wildman–Crippen MR) is 72.0 cm³/mol. The van der Waals surface area contributed by atoms with E-state index in [1.165, 1.54) is 11.3 Å². The minimum absolute atomic E-state index is 0.0395. The Labute approximate surface area is 112 Å². The first-order valence-electron chi connectivity index (χ1n) is 6.16. The Morgan fingerprint density at radius 1 is 1.44 bits per heavy atom. The van der Waals surface area contributed by atoms with Crippen molar-refractivity contribution >= 4 is 21.4 Å². The van der Waals surface area contributed by atoms with Crippen LogP contribution in [0.4, 0.5) is 0 Å². The first-order chi connectivity index (χ1) is 8.46. The van der Waals surface area contributed by atoms with Gasteiger partial charge >= 0.3 is 0 Å². The lowest BCUT2D eigenvalue weighted by Gasteiger charge is -2.35. The third kappa shape index (κ3) is 2.47. The SMILES string of the molecule is CC1CCC(C)N(S(=O)(=O)c2ccsc2CO)C1. The van der Waals surface area contributed by atoms with E-state index < -0.39 is 10.0 Å². The largest absolute Gasteiger partial charge is 0.391 e. The predicted octanol–water partition coefficient (Wildman–Crippen LogP) is 2.05. The number of nitrogens with zero attached hydrogens (tertiary/aromatic N) is 1. The number of thiophene rings is 1. The van der Waals surface area contributed by atoms with E-state index >= 15 is 0 Å². The fourth-order valence-electron chi connectivity index (χ4n) is 2.38. The molecule has 2 atom stereocenters. The number of hydrogen-bond donors (Lipinski definition) is 1. The number of piperidine rings is 1. The van der Waals surface area contributed by atoms with Crippen LogP contribution in [0.1, 0.15) is 31.6 Å². The average molecular weight is 289 g/mol. The minimum Gasteiger partial charge on any atom is -0.391 e. The van der Waals surface area contributed by atoms with Gasteiger partial charge in [-0.1, -0.05) is 6.92 Å². The van der Waals surface area contributed by atoms with Crippen molar-refractivity contribution in [3.8, 4) is 0 Å². The van der Waals surface area contributed by atoms with Gasteiger partial charge in [0.1, 0.15) is 0 Å². The summed E-state index contributed by atoms with van der Waals surface area (Å²) < 4.78 is 26.8. The number of sulfonamides is 1. The molecule has 0 spiro atoms. The highest BCUT2D eigenvalue weighted by Gasteiger charge is 2.34. The van der Waals surface area contributed by atoms with Gasteiger partial charge in [0.15, 0.2) is 0 Å². The van der Waals surface area contributed by atoms with E-state index in [0.717, 1.165) is 12.8 Å². The van der Waals surface area contributed by atoms with Crippen LogP contribution in [0.2, 0.25) is 0 Å². The molecule has 0 radical (unpaired) electrons. The second-order valence-corrected chi connectivity index (χ2v) is 7.83. The summed E-state index contributed by atoms with van der Waals surface area (Å²) in [6, 6.07) is 1.63. The average Bonchev–Trinajstić information content (AvgIpc) is 2.81. The van der Waals surface area contributed by atoms with E-state index in [4.69, 9.17) is 0 Å². The molecule has 0 saturated carbocycles. The first-order valence-corrected chi connectivity index (χ1v) is 8.48. The summed E-state index contributed by atoms with van der Waals surface area (Å²) in [5.74, 6) is 0.396. The van der Waals surface area contributed by atoms with Crippen molar-refractivity contribution in [1.82, 2.24) is 4.31 Å². The van der Waals surface area contributed by atoms with E-state index in [2.05, 4.69) is 6.92 Å². The highest BCUT2D eigenvalue weighted by molar-refractivity contribution is 7.89. The van der Waals surface area contributed by atoms with E-state index in [9.17, 15) is 13.5 Å². The summed E-state index contributed by atoms with van der Waals surface area (Å²) in [6.07, 6.45) is 1.97. The normalized spacial score (nSPS) is 26.4. The molecule has 1 aliphatic rings. The molecule has 1 aliphatic heterocycles. The molecule has 2 unspecified atom stereocenters. The second-order valence-electron chi connectivity index (χ2n) is 4.97. The fraction of sp³-hybridized carbons (Fsp3) is 0.667. The maximum absolute atomic E-state index is 12.6. The lowest BCUT2D eigenvalue weighted by molar-refractivity contribution is 0.217. The van der Waals surface area contributed by atoms with Crippen LogP contribution < -0.4 is 0 Å². The minimum atomic E-state index is -3.46. The molecule has 102 valence electrons. The molecule has 2 rings (SSSR count). The Hall–Kier alpha value is -0.430. The lowest BCUT2D eigenvalue weighted by atomic mass is 9.97. The summed E-state index contributed by atoms with van der Waals surface area (Å²) >= 11 is 1.29. The zero-order chi connectivity index (χ0) is 13.3. The van der Waals surface area contributed by atoms with Gasteiger partial charge in [-0.3, -0.25) is 0 Å². The third-order valence-corrected chi connectivity index (χ3v) is 6.59. The van der Waals surface area contributed by atoms with E-state index in [-0.39, 0.29) is 17.5 Å². The molecule has 1 fully saturated rings. The molecule has 1 N–H and O–H groups in total. The number of hydrogen-bond acceptors (Lipinski definition) is 4. The van der Waals surface area contributed by atoms with Gasteiger partial charge in [-0.25, -0.2) is 8.42 Å². The Morgan fingerprint density at radius 2 is 2.17 bits per heavy atom. The van der Waals surface area contributed by atoms with Gasteiger partial charge in [-0.2, -0.15) is 4.31 Å². The smallest absolute Gasteiger partial charge is 0.244 e. The van der Waals surface area contributed by atoms with Crippen LogP contribution in [0.25, 0.3) is 0 Å². The van der Waals surface area contributed by atoms with E-state index in [1.54, 1.807) is 15.8 Å². The molecule has 2 heterocycles. The quantitative estimate of drug-likeness (QED) is 0.926. The topological polar surface area (TPSA) is 57.6 Å². The van der Waals surface area contributed by atoms with Crippen molar-refractivity contribution in [2.45, 2.75) is 44.2 Å². The fourth-order valence-corrected chi connectivity index (χ4v) is 5.43. The van der Waals surface area contributed by atoms with Crippen LogP contribution in [0, 0.1) is 5.92 Å². The Kier molecular flexibility index (Phi) is 4.11. The van der Waals surface area contributed by atoms with Gasteiger partial charge in [-0.05, 0) is 37.1 Å². The maximum Gasteiger partial charge on any atom is 0.244 e. The van der Waals surface area contributed by atoms with Crippen LogP contribution in [-0.2, 0) is 16.6 Å². The molecule has 18 heavy (non-hydrogen) atoms. The Balaban J connectivity index is 2.36. The molecule has 0 bridgehead atoms. The van der Waals surface area contributed by atoms with Crippen molar-refractivity contribution in [2.75, 3.05) is 6.54 Å². The van der Waals surface area contributed by atoms with Crippen molar-refractivity contribution in [1.29, 1.82) is 0 Å². The maximum atomic E-state index is 12.6. The molecule has 0 aromatic carbocycles. The van der Waals surface area contributed by atoms with Crippen LogP contribution in [0.3, 0.4) is 0 Å². The second kappa shape index (κ2) is 5.28. The number of aliphatic hydroxyl groups is 1. The molecule has 6 heteroatoms. The van der Waals surface area contributed by atoms with E-state index in [0.29, 0.717) is 17.3 Å². The molecule has 1 aromatic heterocycles. The summed E-state index contributed by atoms with van der Waals surface area (Å²) in [6.45, 7) is 4.39.